The number of hydrogen-bond acceptors (Lipinski definition) is 3. The van der Waals surface area contributed by atoms with Gasteiger partial charge < -0.3 is 14.8 Å². The molecule has 0 radical (unpaired) electrons. The predicted molar refractivity (Wildman–Crippen MR) is 72.0 cm³/mol. The Hall–Kier alpha value is -1.75. The molecule has 0 bridgehead atoms. The van der Waals surface area contributed by atoms with Crippen LogP contribution >= 0.6 is 15.9 Å². The first-order valence-electron chi connectivity index (χ1n) is 5.45. The minimum Gasteiger partial charge on any atom is -0.478 e. The van der Waals surface area contributed by atoms with Crippen molar-refractivity contribution in [3.63, 3.8) is 0 Å². The fourth-order valence-corrected chi connectivity index (χ4v) is 2.09. The molecule has 2 rings (SSSR count). The maximum atomic E-state index is 10.9. The number of carboxylic acids is 1. The molecule has 1 aromatic carbocycles. The van der Waals surface area contributed by atoms with Crippen LogP contribution in [0.25, 0.3) is 0 Å². The molecular weight excluding hydrogens is 298 g/mol. The molecule has 0 spiro atoms. The summed E-state index contributed by atoms with van der Waals surface area (Å²) >= 11 is 3.29. The molecule has 0 saturated carbocycles. The van der Waals surface area contributed by atoms with Crippen LogP contribution in [0.2, 0.25) is 0 Å². The Labute approximate surface area is 113 Å². The zero-order valence-corrected chi connectivity index (χ0v) is 11.1. The van der Waals surface area contributed by atoms with Gasteiger partial charge >= 0.3 is 5.97 Å². The van der Waals surface area contributed by atoms with Crippen LogP contribution in [-0.4, -0.2) is 17.6 Å². The summed E-state index contributed by atoms with van der Waals surface area (Å²) in [6.45, 7) is 0.684. The largest absolute Gasteiger partial charge is 0.478 e. The molecule has 2 aromatic rings. The molecule has 18 heavy (non-hydrogen) atoms. The fourth-order valence-electron chi connectivity index (χ4n) is 1.60. The lowest BCUT2D eigenvalue weighted by Gasteiger charge is -2.07. The summed E-state index contributed by atoms with van der Waals surface area (Å²) in [5.74, 6) is -0.0404. The Morgan fingerprint density at radius 3 is 2.89 bits per heavy atom. The van der Waals surface area contributed by atoms with Gasteiger partial charge in [-0.05, 0) is 30.3 Å². The van der Waals surface area contributed by atoms with E-state index in [1.807, 2.05) is 18.2 Å². The average molecular weight is 310 g/mol. The van der Waals surface area contributed by atoms with Crippen LogP contribution in [0.5, 0.6) is 0 Å². The SMILES string of the molecule is O=C(O)c1cc(Br)cc(NCCc2ccco2)c1. The maximum Gasteiger partial charge on any atom is 0.335 e. The monoisotopic (exact) mass is 309 g/mol. The van der Waals surface area contributed by atoms with Gasteiger partial charge in [-0.3, -0.25) is 0 Å². The lowest BCUT2D eigenvalue weighted by molar-refractivity contribution is 0.0697. The molecule has 1 aromatic heterocycles. The van der Waals surface area contributed by atoms with E-state index in [9.17, 15) is 4.79 Å². The van der Waals surface area contributed by atoms with E-state index in [-0.39, 0.29) is 5.56 Å². The minimum absolute atomic E-state index is 0.255. The zero-order valence-electron chi connectivity index (χ0n) is 9.52. The van der Waals surface area contributed by atoms with Gasteiger partial charge in [-0.1, -0.05) is 15.9 Å². The average Bonchev–Trinajstić information content (AvgIpc) is 2.81. The Morgan fingerprint density at radius 1 is 1.39 bits per heavy atom. The molecule has 5 heteroatoms. The van der Waals surface area contributed by atoms with E-state index in [1.165, 1.54) is 0 Å². The number of aromatic carboxylic acids is 1. The second-order valence-electron chi connectivity index (χ2n) is 3.79. The van der Waals surface area contributed by atoms with Crippen molar-refractivity contribution in [2.75, 3.05) is 11.9 Å². The number of halogens is 1. The predicted octanol–water partition coefficient (Wildman–Crippen LogP) is 3.39. The number of furan rings is 1. The highest BCUT2D eigenvalue weighted by Crippen LogP contribution is 2.19. The second-order valence-corrected chi connectivity index (χ2v) is 4.71. The Bertz CT molecular complexity index is 537. The quantitative estimate of drug-likeness (QED) is 0.888. The third-order valence-corrected chi connectivity index (χ3v) is 2.88. The molecule has 0 aliphatic carbocycles. The molecule has 4 nitrogen and oxygen atoms in total. The molecule has 0 fully saturated rings. The Balaban J connectivity index is 1.98. The van der Waals surface area contributed by atoms with Gasteiger partial charge in [0.15, 0.2) is 0 Å². The molecular formula is C13H12BrNO3. The highest BCUT2D eigenvalue weighted by atomic mass is 79.9. The van der Waals surface area contributed by atoms with E-state index in [0.717, 1.165) is 22.3 Å². The third kappa shape index (κ3) is 3.37. The summed E-state index contributed by atoms with van der Waals surface area (Å²) in [4.78, 5) is 10.9. The molecule has 0 atom stereocenters. The highest BCUT2D eigenvalue weighted by molar-refractivity contribution is 9.10. The van der Waals surface area contributed by atoms with Gasteiger partial charge in [0.1, 0.15) is 5.76 Å². The van der Waals surface area contributed by atoms with E-state index in [1.54, 1.807) is 18.4 Å². The molecule has 0 amide bonds. The van der Waals surface area contributed by atoms with Gasteiger partial charge in [0.05, 0.1) is 11.8 Å². The number of rotatable bonds is 5. The van der Waals surface area contributed by atoms with E-state index in [2.05, 4.69) is 21.2 Å². The van der Waals surface area contributed by atoms with Crippen molar-refractivity contribution in [3.05, 3.63) is 52.4 Å². The van der Waals surface area contributed by atoms with Gasteiger partial charge in [-0.15, -0.1) is 0 Å². The lowest BCUT2D eigenvalue weighted by Crippen LogP contribution is -2.05. The molecule has 0 unspecified atom stereocenters. The van der Waals surface area contributed by atoms with Gasteiger partial charge in [0, 0.05) is 23.1 Å². The van der Waals surface area contributed by atoms with Crippen LogP contribution in [0.4, 0.5) is 5.69 Å². The highest BCUT2D eigenvalue weighted by Gasteiger charge is 2.05. The van der Waals surface area contributed by atoms with Crippen molar-refractivity contribution in [1.29, 1.82) is 0 Å². The van der Waals surface area contributed by atoms with Gasteiger partial charge in [-0.2, -0.15) is 0 Å². The van der Waals surface area contributed by atoms with E-state index >= 15 is 0 Å². The summed E-state index contributed by atoms with van der Waals surface area (Å²) in [7, 11) is 0. The van der Waals surface area contributed by atoms with Crippen molar-refractivity contribution >= 4 is 27.6 Å². The van der Waals surface area contributed by atoms with Gasteiger partial charge in [0.2, 0.25) is 0 Å². The normalized spacial score (nSPS) is 10.3. The first-order valence-corrected chi connectivity index (χ1v) is 6.24. The number of carbonyl (C=O) groups is 1. The molecule has 1 heterocycles. The van der Waals surface area contributed by atoms with Crippen molar-refractivity contribution < 1.29 is 14.3 Å². The van der Waals surface area contributed by atoms with Crippen LogP contribution in [0.1, 0.15) is 16.1 Å². The third-order valence-electron chi connectivity index (χ3n) is 2.43. The molecule has 0 aliphatic rings. The molecule has 2 N–H and O–H groups in total. The second kappa shape index (κ2) is 5.73. The van der Waals surface area contributed by atoms with Crippen LogP contribution in [0, 0.1) is 0 Å². The van der Waals surface area contributed by atoms with Crippen molar-refractivity contribution in [1.82, 2.24) is 0 Å². The van der Waals surface area contributed by atoms with Crippen molar-refractivity contribution in [2.24, 2.45) is 0 Å². The van der Waals surface area contributed by atoms with Gasteiger partial charge in [0.25, 0.3) is 0 Å². The number of hydrogen-bond donors (Lipinski definition) is 2. The number of anilines is 1. The smallest absolute Gasteiger partial charge is 0.335 e. The molecule has 0 aliphatic heterocycles. The Morgan fingerprint density at radius 2 is 2.22 bits per heavy atom. The van der Waals surface area contributed by atoms with Crippen molar-refractivity contribution in [3.8, 4) is 0 Å². The maximum absolute atomic E-state index is 10.9. The van der Waals surface area contributed by atoms with Crippen LogP contribution in [0.3, 0.4) is 0 Å². The zero-order chi connectivity index (χ0) is 13.0. The first-order chi connectivity index (χ1) is 8.65. The standard InChI is InChI=1S/C13H12BrNO3/c14-10-6-9(13(16)17)7-11(8-10)15-4-3-12-2-1-5-18-12/h1-2,5-8,15H,3-4H2,(H,16,17). The van der Waals surface area contributed by atoms with E-state index in [0.29, 0.717) is 6.54 Å². The summed E-state index contributed by atoms with van der Waals surface area (Å²) in [5, 5.41) is 12.1. The summed E-state index contributed by atoms with van der Waals surface area (Å²) in [6, 6.07) is 8.77. The summed E-state index contributed by atoms with van der Waals surface area (Å²) in [6.07, 6.45) is 2.39. The topological polar surface area (TPSA) is 62.5 Å². The van der Waals surface area contributed by atoms with Crippen LogP contribution in [0.15, 0.2) is 45.5 Å². The van der Waals surface area contributed by atoms with Gasteiger partial charge in [-0.25, -0.2) is 4.79 Å². The minimum atomic E-state index is -0.939. The van der Waals surface area contributed by atoms with E-state index in [4.69, 9.17) is 9.52 Å². The fraction of sp³-hybridized carbons (Fsp3) is 0.154. The number of benzene rings is 1. The number of nitrogens with one attached hydrogen (secondary N) is 1. The Kier molecular flexibility index (Phi) is 4.04. The number of carboxylic acid groups (broad SMARTS) is 1. The molecule has 94 valence electrons. The summed E-state index contributed by atoms with van der Waals surface area (Å²) < 4.78 is 5.95. The summed E-state index contributed by atoms with van der Waals surface area (Å²) in [5.41, 5.74) is 1.03. The lowest BCUT2D eigenvalue weighted by atomic mass is 10.2. The van der Waals surface area contributed by atoms with E-state index < -0.39 is 5.97 Å². The first kappa shape index (κ1) is 12.7. The van der Waals surface area contributed by atoms with Crippen LogP contribution < -0.4 is 5.32 Å². The van der Waals surface area contributed by atoms with Crippen LogP contribution in [-0.2, 0) is 6.42 Å². The molecule has 0 saturated heterocycles. The van der Waals surface area contributed by atoms with Crippen molar-refractivity contribution in [2.45, 2.75) is 6.42 Å².